The molecule has 0 unspecified atom stereocenters. The third-order valence-corrected chi connectivity index (χ3v) is 9.92. The molecule has 4 rings (SSSR count). The summed E-state index contributed by atoms with van der Waals surface area (Å²) in [5.74, 6) is -1.33. The molecule has 0 saturated carbocycles. The number of ether oxygens (including phenoxy) is 3. The van der Waals surface area contributed by atoms with Gasteiger partial charge in [0.15, 0.2) is 0 Å². The Morgan fingerprint density at radius 3 is 2.42 bits per heavy atom. The first-order valence-electron chi connectivity index (χ1n) is 17.4. The van der Waals surface area contributed by atoms with Gasteiger partial charge in [0.25, 0.3) is 0 Å². The lowest BCUT2D eigenvalue weighted by atomic mass is 9.97. The lowest BCUT2D eigenvalue weighted by Gasteiger charge is -2.36. The van der Waals surface area contributed by atoms with Crippen LogP contribution in [0.3, 0.4) is 0 Å². The number of nitrogens with one attached hydrogen (secondary N) is 3. The lowest BCUT2D eigenvalue weighted by molar-refractivity contribution is -0.153. The molecule has 16 heteroatoms. The molecular weight excluding hydrogens is 692 g/mol. The average molecular weight is 745 g/mol. The van der Waals surface area contributed by atoms with Gasteiger partial charge in [-0.1, -0.05) is 29.4 Å². The largest absolute Gasteiger partial charge is 0.467 e. The zero-order valence-corrected chi connectivity index (χ0v) is 32.1. The molecular formula is C36H52N6O9S. The first-order chi connectivity index (χ1) is 24.2. The molecule has 52 heavy (non-hydrogen) atoms. The van der Waals surface area contributed by atoms with Crippen LogP contribution in [-0.2, 0) is 46.8 Å². The van der Waals surface area contributed by atoms with Gasteiger partial charge in [-0.05, 0) is 104 Å². The number of carbonyl (C=O) groups excluding carboxylic acids is 4. The quantitative estimate of drug-likeness (QED) is 0.122. The van der Waals surface area contributed by atoms with Crippen LogP contribution in [-0.4, -0.2) is 105 Å². The maximum absolute atomic E-state index is 14.4. The first kappa shape index (κ1) is 40.5. The van der Waals surface area contributed by atoms with Gasteiger partial charge < -0.3 is 29.3 Å². The average Bonchev–Trinajstić information content (AvgIpc) is 3.05. The molecule has 286 valence electrons. The van der Waals surface area contributed by atoms with Crippen molar-refractivity contribution in [2.75, 3.05) is 33.3 Å². The van der Waals surface area contributed by atoms with Crippen molar-refractivity contribution in [2.45, 2.75) is 109 Å². The van der Waals surface area contributed by atoms with E-state index in [0.717, 1.165) is 29.7 Å². The summed E-state index contributed by atoms with van der Waals surface area (Å²) in [6, 6.07) is 2.67. The number of benzene rings is 1. The Bertz CT molecular complexity index is 1740. The van der Waals surface area contributed by atoms with E-state index in [1.54, 1.807) is 58.6 Å². The fourth-order valence-corrected chi connectivity index (χ4v) is 7.32. The maximum Gasteiger partial charge on any atom is 0.437 e. The highest BCUT2D eigenvalue weighted by Crippen LogP contribution is 2.25. The van der Waals surface area contributed by atoms with Gasteiger partial charge in [-0.3, -0.25) is 10.1 Å². The number of guanidine groups is 1. The van der Waals surface area contributed by atoms with E-state index in [0.29, 0.717) is 25.1 Å². The van der Waals surface area contributed by atoms with Crippen LogP contribution < -0.4 is 15.4 Å². The van der Waals surface area contributed by atoms with E-state index in [1.807, 2.05) is 19.1 Å². The van der Waals surface area contributed by atoms with Crippen LogP contribution in [0.5, 0.6) is 0 Å². The zero-order chi connectivity index (χ0) is 38.4. The monoisotopic (exact) mass is 744 g/mol. The van der Waals surface area contributed by atoms with Gasteiger partial charge >= 0.3 is 18.2 Å². The summed E-state index contributed by atoms with van der Waals surface area (Å²) in [5.41, 5.74) is 1.76. The third-order valence-electron chi connectivity index (χ3n) is 8.45. The Balaban J connectivity index is 1.66. The van der Waals surface area contributed by atoms with Crippen LogP contribution >= 0.6 is 0 Å². The molecule has 3 aliphatic heterocycles. The number of amides is 3. The highest BCUT2D eigenvalue weighted by molar-refractivity contribution is 7.89. The fourth-order valence-electron chi connectivity index (χ4n) is 6.08. The van der Waals surface area contributed by atoms with Crippen LogP contribution in [0, 0.1) is 0 Å². The summed E-state index contributed by atoms with van der Waals surface area (Å²) in [4.78, 5) is 59.9. The molecule has 0 spiro atoms. The molecule has 0 aromatic heterocycles. The second-order valence-electron chi connectivity index (χ2n) is 15.1. The Hall–Kier alpha value is -4.28. The van der Waals surface area contributed by atoms with E-state index >= 15 is 0 Å². The molecule has 0 bridgehead atoms. The Labute approximate surface area is 306 Å². The van der Waals surface area contributed by atoms with E-state index in [2.05, 4.69) is 20.3 Å². The van der Waals surface area contributed by atoms with Crippen molar-refractivity contribution in [3.8, 4) is 0 Å². The minimum Gasteiger partial charge on any atom is -0.467 e. The minimum atomic E-state index is -4.23. The van der Waals surface area contributed by atoms with Crippen molar-refractivity contribution < 1.29 is 41.8 Å². The van der Waals surface area contributed by atoms with E-state index in [4.69, 9.17) is 14.2 Å². The number of carbonyl (C=O) groups is 4. The van der Waals surface area contributed by atoms with Crippen LogP contribution in [0.1, 0.15) is 78.9 Å². The predicted molar refractivity (Wildman–Crippen MR) is 194 cm³/mol. The molecule has 1 aromatic carbocycles. The number of aliphatic imine (C=N–C) groups is 1. The molecule has 3 heterocycles. The van der Waals surface area contributed by atoms with Gasteiger partial charge in [0, 0.05) is 26.2 Å². The zero-order valence-electron chi connectivity index (χ0n) is 31.3. The molecule has 1 aromatic rings. The second kappa shape index (κ2) is 16.6. The fraction of sp³-hybridized carbons (Fsp3) is 0.583. The van der Waals surface area contributed by atoms with Crippen molar-refractivity contribution in [3.05, 3.63) is 52.6 Å². The number of hydrogen-bond acceptors (Lipinski definition) is 10. The van der Waals surface area contributed by atoms with Crippen LogP contribution in [0.2, 0.25) is 0 Å². The number of rotatable bonds is 7. The van der Waals surface area contributed by atoms with Gasteiger partial charge in [-0.25, -0.2) is 22.8 Å². The number of esters is 1. The van der Waals surface area contributed by atoms with Crippen molar-refractivity contribution in [1.82, 2.24) is 25.2 Å². The highest BCUT2D eigenvalue weighted by Gasteiger charge is 2.38. The van der Waals surface area contributed by atoms with Gasteiger partial charge in [0.2, 0.25) is 21.9 Å². The third kappa shape index (κ3) is 11.4. The normalized spacial score (nSPS) is 19.1. The standard InChI is InChI=1S/C36H52N6O9S/c1-23-14-17-42(29(18-23)31(44)49-8)30(43)28(40-52(47,48)27-12-11-25-13-15-37-21-26(25)20-27)19-24-10-9-16-41(22-24)32(38-33(45)50-35(2,3)4)39-34(46)51-36(5,6)7/h10-12,14,20,28-29,37,40H,9,13,15-19,21-22H2,1-8H3,(H,38,39,45,46)/t28-,29+/m0/s1. The van der Waals surface area contributed by atoms with E-state index in [1.165, 1.54) is 18.1 Å². The second-order valence-corrected chi connectivity index (χ2v) is 16.8. The first-order valence-corrected chi connectivity index (χ1v) is 18.9. The predicted octanol–water partition coefficient (Wildman–Crippen LogP) is 3.54. The topological polar surface area (TPSA) is 185 Å². The summed E-state index contributed by atoms with van der Waals surface area (Å²) in [6.45, 7) is 13.8. The highest BCUT2D eigenvalue weighted by atomic mass is 32.2. The summed E-state index contributed by atoms with van der Waals surface area (Å²) in [6.07, 6.45) is 3.28. The van der Waals surface area contributed by atoms with Gasteiger partial charge in [-0.15, -0.1) is 4.99 Å². The van der Waals surface area contributed by atoms with Crippen molar-refractivity contribution in [1.29, 1.82) is 0 Å². The number of hydrogen-bond donors (Lipinski definition) is 3. The van der Waals surface area contributed by atoms with Gasteiger partial charge in [0.1, 0.15) is 23.3 Å². The molecule has 3 aliphatic rings. The summed E-state index contributed by atoms with van der Waals surface area (Å²) < 4.78 is 46.4. The molecule has 2 atom stereocenters. The van der Waals surface area contributed by atoms with Crippen molar-refractivity contribution in [3.63, 3.8) is 0 Å². The summed E-state index contributed by atoms with van der Waals surface area (Å²) in [5, 5.41) is 5.81. The number of nitrogens with zero attached hydrogens (tertiary/aromatic N) is 3. The SMILES string of the molecule is COC(=O)[C@H]1CC(C)=CCN1C(=O)[C@H](CC1=CCCN(C(=NC(=O)OC(C)(C)C)NC(=O)OC(C)(C)C)C1)NS(=O)(=O)c1ccc2c(c1)CNCC2. The Morgan fingerprint density at radius 2 is 1.75 bits per heavy atom. The Morgan fingerprint density at radius 1 is 1.04 bits per heavy atom. The molecule has 0 radical (unpaired) electrons. The van der Waals surface area contributed by atoms with Crippen molar-refractivity contribution in [2.24, 2.45) is 4.99 Å². The molecule has 3 amide bonds. The molecule has 3 N–H and O–H groups in total. The van der Waals surface area contributed by atoms with Crippen LogP contribution in [0.4, 0.5) is 9.59 Å². The number of sulfonamides is 1. The smallest absolute Gasteiger partial charge is 0.437 e. The molecule has 0 aliphatic carbocycles. The van der Waals surface area contributed by atoms with E-state index in [-0.39, 0.29) is 36.8 Å². The molecule has 0 fully saturated rings. The number of fused-ring (bicyclic) bond motifs is 1. The van der Waals surface area contributed by atoms with E-state index in [9.17, 15) is 27.6 Å². The maximum atomic E-state index is 14.4. The van der Waals surface area contributed by atoms with E-state index < -0.39 is 57.4 Å². The minimum absolute atomic E-state index is 0.0132. The van der Waals surface area contributed by atoms with Crippen LogP contribution in [0.15, 0.2) is 51.4 Å². The lowest BCUT2D eigenvalue weighted by Crippen LogP contribution is -2.55. The number of alkyl carbamates (subject to hydrolysis) is 1. The summed E-state index contributed by atoms with van der Waals surface area (Å²) >= 11 is 0. The van der Waals surface area contributed by atoms with Crippen molar-refractivity contribution >= 4 is 40.0 Å². The number of methoxy groups -OCH3 is 1. The van der Waals surface area contributed by atoms with Gasteiger partial charge in [-0.2, -0.15) is 4.72 Å². The Kier molecular flexibility index (Phi) is 12.9. The van der Waals surface area contributed by atoms with Crippen LogP contribution in [0.25, 0.3) is 0 Å². The molecule has 15 nitrogen and oxygen atoms in total. The summed E-state index contributed by atoms with van der Waals surface area (Å²) in [7, 11) is -2.99. The van der Waals surface area contributed by atoms with Gasteiger partial charge in [0.05, 0.1) is 12.0 Å². The molecule has 0 saturated heterocycles.